The second-order valence-electron chi connectivity index (χ2n) is 7.05. The summed E-state index contributed by atoms with van der Waals surface area (Å²) in [4.78, 5) is 5.92. The lowest BCUT2D eigenvalue weighted by Crippen LogP contribution is -2.35. The van der Waals surface area contributed by atoms with Crippen LogP contribution in [0, 0.1) is 0 Å². The number of nitrogens with two attached hydrogens (primary N) is 1. The van der Waals surface area contributed by atoms with Gasteiger partial charge in [-0.05, 0) is 51.3 Å². The van der Waals surface area contributed by atoms with Crippen LogP contribution in [0.1, 0.15) is 44.7 Å². The highest BCUT2D eigenvalue weighted by molar-refractivity contribution is 14.0. The largest absolute Gasteiger partial charge is 0.488 e. The molecular weight excluding hydrogens is 446 g/mol. The normalized spacial score (nSPS) is 15.6. The van der Waals surface area contributed by atoms with Crippen LogP contribution >= 0.6 is 24.0 Å². The van der Waals surface area contributed by atoms with Crippen LogP contribution < -0.4 is 10.5 Å². The Morgan fingerprint density at radius 3 is 2.36 bits per heavy atom. The van der Waals surface area contributed by atoms with Crippen molar-refractivity contribution in [1.82, 2.24) is 4.90 Å². The van der Waals surface area contributed by atoms with Crippen LogP contribution in [0.4, 0.5) is 13.2 Å². The van der Waals surface area contributed by atoms with Crippen molar-refractivity contribution < 1.29 is 17.9 Å². The molecule has 2 rings (SSSR count). The van der Waals surface area contributed by atoms with Gasteiger partial charge in [0.2, 0.25) is 0 Å². The lowest BCUT2D eigenvalue weighted by molar-refractivity contribution is -0.138. The van der Waals surface area contributed by atoms with Crippen molar-refractivity contribution in [3.63, 3.8) is 0 Å². The average Bonchev–Trinajstić information content (AvgIpc) is 3.26. The average molecular weight is 471 g/mol. The Bertz CT molecular complexity index is 623. The molecule has 2 N–H and O–H groups in total. The molecule has 142 valence electrons. The number of aliphatic imine (C=N–C) groups is 1. The van der Waals surface area contributed by atoms with E-state index in [2.05, 4.69) is 4.99 Å². The van der Waals surface area contributed by atoms with E-state index in [4.69, 9.17) is 10.5 Å². The topological polar surface area (TPSA) is 50.8 Å². The molecule has 1 aliphatic rings. The standard InChI is InChI=1S/C17H24F3N3O.HI/c1-16(2,3)24-13-8-5-11(14(9-13)17(18,19)20)10-22-15(21)23(4)12-6-7-12;/h5,8-9,12H,6-7,10H2,1-4H3,(H2,21,22);1H. The van der Waals surface area contributed by atoms with Gasteiger partial charge in [-0.25, -0.2) is 4.99 Å². The van der Waals surface area contributed by atoms with Crippen molar-refractivity contribution in [2.75, 3.05) is 7.05 Å². The minimum absolute atomic E-state index is 0. The third-order valence-electron chi connectivity index (χ3n) is 3.68. The van der Waals surface area contributed by atoms with E-state index >= 15 is 0 Å². The second kappa shape index (κ2) is 8.01. The maximum absolute atomic E-state index is 13.3. The van der Waals surface area contributed by atoms with Gasteiger partial charge in [0.25, 0.3) is 0 Å². The Morgan fingerprint density at radius 1 is 1.28 bits per heavy atom. The van der Waals surface area contributed by atoms with Crippen LogP contribution in [-0.2, 0) is 12.7 Å². The molecule has 0 radical (unpaired) electrons. The number of guanidine groups is 1. The van der Waals surface area contributed by atoms with Crippen LogP contribution in [0.2, 0.25) is 0 Å². The van der Waals surface area contributed by atoms with Gasteiger partial charge in [-0.1, -0.05) is 6.07 Å². The summed E-state index contributed by atoms with van der Waals surface area (Å²) in [7, 11) is 1.81. The van der Waals surface area contributed by atoms with Crippen LogP contribution in [0.15, 0.2) is 23.2 Å². The molecule has 1 aromatic rings. The predicted molar refractivity (Wildman–Crippen MR) is 103 cm³/mol. The first-order valence-electron chi connectivity index (χ1n) is 7.89. The van der Waals surface area contributed by atoms with Gasteiger partial charge in [-0.3, -0.25) is 0 Å². The number of hydrogen-bond acceptors (Lipinski definition) is 2. The summed E-state index contributed by atoms with van der Waals surface area (Å²) in [6.07, 6.45) is -2.39. The van der Waals surface area contributed by atoms with Gasteiger partial charge in [0.15, 0.2) is 5.96 Å². The van der Waals surface area contributed by atoms with E-state index in [-0.39, 0.29) is 47.8 Å². The second-order valence-corrected chi connectivity index (χ2v) is 7.05. The SMILES string of the molecule is CN(C(N)=NCc1ccc(OC(C)(C)C)cc1C(F)(F)F)C1CC1.I. The van der Waals surface area contributed by atoms with E-state index in [1.165, 1.54) is 12.1 Å². The summed E-state index contributed by atoms with van der Waals surface area (Å²) in [5.74, 6) is 0.450. The first kappa shape index (κ1) is 21.9. The Morgan fingerprint density at radius 2 is 1.88 bits per heavy atom. The first-order chi connectivity index (χ1) is 11.0. The van der Waals surface area contributed by atoms with Crippen molar-refractivity contribution in [3.05, 3.63) is 29.3 Å². The molecule has 0 aliphatic heterocycles. The first-order valence-corrected chi connectivity index (χ1v) is 7.89. The highest BCUT2D eigenvalue weighted by Crippen LogP contribution is 2.35. The van der Waals surface area contributed by atoms with Crippen molar-refractivity contribution in [3.8, 4) is 5.75 Å². The van der Waals surface area contributed by atoms with E-state index in [9.17, 15) is 13.2 Å². The fourth-order valence-electron chi connectivity index (χ4n) is 2.30. The molecule has 4 nitrogen and oxygen atoms in total. The van der Waals surface area contributed by atoms with Crippen molar-refractivity contribution >= 4 is 29.9 Å². The minimum atomic E-state index is -4.47. The quantitative estimate of drug-likeness (QED) is 0.402. The highest BCUT2D eigenvalue weighted by Gasteiger charge is 2.34. The third-order valence-corrected chi connectivity index (χ3v) is 3.68. The van der Waals surface area contributed by atoms with Crippen molar-refractivity contribution in [2.45, 2.75) is 58.0 Å². The Balaban J connectivity index is 0.00000312. The Hall–Kier alpha value is -1.19. The molecule has 0 bridgehead atoms. The number of benzene rings is 1. The van der Waals surface area contributed by atoms with Gasteiger partial charge in [0, 0.05) is 13.1 Å². The fraction of sp³-hybridized carbons (Fsp3) is 0.588. The molecule has 0 saturated heterocycles. The van der Waals surface area contributed by atoms with Gasteiger partial charge in [-0.2, -0.15) is 13.2 Å². The molecule has 25 heavy (non-hydrogen) atoms. The monoisotopic (exact) mass is 471 g/mol. The molecule has 0 amide bonds. The number of ether oxygens (including phenoxy) is 1. The van der Waals surface area contributed by atoms with Crippen LogP contribution in [0.5, 0.6) is 5.75 Å². The zero-order valence-corrected chi connectivity index (χ0v) is 17.2. The Labute approximate surface area is 163 Å². The lowest BCUT2D eigenvalue weighted by atomic mass is 10.1. The number of alkyl halides is 3. The maximum Gasteiger partial charge on any atom is 0.416 e. The van der Waals surface area contributed by atoms with Crippen LogP contribution in [0.25, 0.3) is 0 Å². The molecule has 8 heteroatoms. The molecule has 1 aromatic carbocycles. The van der Waals surface area contributed by atoms with Crippen molar-refractivity contribution in [2.24, 2.45) is 10.7 Å². The molecule has 1 fully saturated rings. The van der Waals surface area contributed by atoms with Crippen molar-refractivity contribution in [1.29, 1.82) is 0 Å². The number of hydrogen-bond donors (Lipinski definition) is 1. The summed E-state index contributed by atoms with van der Waals surface area (Å²) >= 11 is 0. The van der Waals surface area contributed by atoms with E-state index in [1.54, 1.807) is 27.8 Å². The molecule has 0 aromatic heterocycles. The van der Waals surface area contributed by atoms with Gasteiger partial charge in [-0.15, -0.1) is 24.0 Å². The number of nitrogens with zero attached hydrogens (tertiary/aromatic N) is 2. The fourth-order valence-corrected chi connectivity index (χ4v) is 2.30. The highest BCUT2D eigenvalue weighted by atomic mass is 127. The van der Waals surface area contributed by atoms with Gasteiger partial charge in [0.1, 0.15) is 11.4 Å². The van der Waals surface area contributed by atoms with E-state index in [0.29, 0.717) is 6.04 Å². The van der Waals surface area contributed by atoms with Crippen LogP contribution in [0.3, 0.4) is 0 Å². The smallest absolute Gasteiger partial charge is 0.416 e. The number of halogens is 4. The molecule has 0 atom stereocenters. The molecule has 0 spiro atoms. The molecule has 1 aliphatic carbocycles. The van der Waals surface area contributed by atoms with E-state index in [1.807, 2.05) is 4.90 Å². The van der Waals surface area contributed by atoms with Gasteiger partial charge in [0.05, 0.1) is 12.1 Å². The molecule has 0 heterocycles. The van der Waals surface area contributed by atoms with Gasteiger partial charge < -0.3 is 15.4 Å². The molecule has 1 saturated carbocycles. The summed E-state index contributed by atoms with van der Waals surface area (Å²) in [6, 6.07) is 4.32. The van der Waals surface area contributed by atoms with E-state index in [0.717, 1.165) is 18.9 Å². The maximum atomic E-state index is 13.3. The summed E-state index contributed by atoms with van der Waals surface area (Å²) < 4.78 is 45.5. The molecule has 0 unspecified atom stereocenters. The van der Waals surface area contributed by atoms with Gasteiger partial charge >= 0.3 is 6.18 Å². The summed E-state index contributed by atoms with van der Waals surface area (Å²) in [6.45, 7) is 5.24. The lowest BCUT2D eigenvalue weighted by Gasteiger charge is -2.23. The predicted octanol–water partition coefficient (Wildman–Crippen LogP) is 4.41. The summed E-state index contributed by atoms with van der Waals surface area (Å²) in [5.41, 5.74) is 4.62. The van der Waals surface area contributed by atoms with E-state index < -0.39 is 17.3 Å². The minimum Gasteiger partial charge on any atom is -0.488 e. The Kier molecular flexibility index (Phi) is 7.00. The zero-order chi connectivity index (χ0) is 18.1. The zero-order valence-electron chi connectivity index (χ0n) is 14.9. The van der Waals surface area contributed by atoms with Crippen LogP contribution in [-0.4, -0.2) is 29.6 Å². The summed E-state index contributed by atoms with van der Waals surface area (Å²) in [5, 5.41) is 0. The third kappa shape index (κ3) is 6.56. The molecular formula is C17H25F3IN3O. The number of rotatable bonds is 4.